The van der Waals surface area contributed by atoms with Gasteiger partial charge >= 0.3 is 0 Å². The van der Waals surface area contributed by atoms with Crippen LogP contribution in [0.15, 0.2) is 48.7 Å². The van der Waals surface area contributed by atoms with E-state index in [-0.39, 0.29) is 17.9 Å². The van der Waals surface area contributed by atoms with Crippen LogP contribution in [0.2, 0.25) is 0 Å². The summed E-state index contributed by atoms with van der Waals surface area (Å²) in [5.74, 6) is -0.158. The summed E-state index contributed by atoms with van der Waals surface area (Å²) in [4.78, 5) is 21.2. The van der Waals surface area contributed by atoms with Crippen molar-refractivity contribution in [2.75, 3.05) is 13.1 Å². The molecule has 1 amide bonds. The summed E-state index contributed by atoms with van der Waals surface area (Å²) in [5, 5.41) is 1.25. The zero-order chi connectivity index (χ0) is 18.1. The van der Waals surface area contributed by atoms with Crippen molar-refractivity contribution in [3.63, 3.8) is 0 Å². The minimum atomic E-state index is -0.165. The van der Waals surface area contributed by atoms with Crippen molar-refractivity contribution in [2.24, 2.45) is 11.7 Å². The first-order valence-electron chi connectivity index (χ1n) is 9.27. The molecule has 0 spiro atoms. The fourth-order valence-corrected chi connectivity index (χ4v) is 4.34. The Morgan fingerprint density at radius 3 is 2.62 bits per heavy atom. The maximum atomic E-state index is 11.6. The van der Waals surface area contributed by atoms with Crippen LogP contribution in [0.3, 0.4) is 0 Å². The van der Waals surface area contributed by atoms with Crippen molar-refractivity contribution in [3.8, 4) is 0 Å². The molecule has 0 unspecified atom stereocenters. The first-order chi connectivity index (χ1) is 12.6. The minimum Gasteiger partial charge on any atom is -0.369 e. The number of H-pyrrole nitrogens is 1. The van der Waals surface area contributed by atoms with Gasteiger partial charge in [-0.2, -0.15) is 0 Å². The topological polar surface area (TPSA) is 76.2 Å². The van der Waals surface area contributed by atoms with Gasteiger partial charge in [-0.15, -0.1) is 0 Å². The van der Waals surface area contributed by atoms with Crippen molar-refractivity contribution in [1.82, 2.24) is 9.97 Å². The van der Waals surface area contributed by atoms with Gasteiger partial charge in [0, 0.05) is 47.1 Å². The standard InChI is InChI=1S/C21H24N4O/c1-14-19(16-6-2-3-7-17(16)24-14)20(18-8-4-5-11-23-18)25-12-9-15(10-13-25)21(22)26/h2-8,11,15,20,24H,9-10,12-13H2,1H3,(H2,22,26)/p+1/t20-/m1/s1. The number of hydrogen-bond donors (Lipinski definition) is 3. The molecule has 0 saturated carbocycles. The number of likely N-dealkylation sites (tertiary alicyclic amines) is 1. The molecule has 1 aromatic carbocycles. The monoisotopic (exact) mass is 349 g/mol. The summed E-state index contributed by atoms with van der Waals surface area (Å²) in [7, 11) is 0. The molecule has 1 fully saturated rings. The SMILES string of the molecule is Cc1[nH]c2ccccc2c1[C@@H](c1ccccn1)[NH+]1CCC(C(N)=O)CC1. The fourth-order valence-electron chi connectivity index (χ4n) is 4.34. The molecular weight excluding hydrogens is 324 g/mol. The zero-order valence-corrected chi connectivity index (χ0v) is 15.0. The summed E-state index contributed by atoms with van der Waals surface area (Å²) in [6.07, 6.45) is 3.55. The van der Waals surface area contributed by atoms with E-state index in [1.165, 1.54) is 21.5 Å². The van der Waals surface area contributed by atoms with E-state index in [0.717, 1.165) is 37.1 Å². The number of carbonyl (C=O) groups is 1. The number of piperidine rings is 1. The Kier molecular flexibility index (Phi) is 4.47. The van der Waals surface area contributed by atoms with Gasteiger partial charge in [0.05, 0.1) is 13.1 Å². The van der Waals surface area contributed by atoms with Crippen LogP contribution in [0.4, 0.5) is 0 Å². The Morgan fingerprint density at radius 2 is 1.92 bits per heavy atom. The van der Waals surface area contributed by atoms with E-state index in [1.54, 1.807) is 0 Å². The number of carbonyl (C=O) groups excluding carboxylic acids is 1. The summed E-state index contributed by atoms with van der Waals surface area (Å²) in [5.41, 5.74) is 10.3. The van der Waals surface area contributed by atoms with Crippen LogP contribution in [0.25, 0.3) is 10.9 Å². The van der Waals surface area contributed by atoms with Gasteiger partial charge in [0.25, 0.3) is 0 Å². The van der Waals surface area contributed by atoms with Gasteiger partial charge in [0.1, 0.15) is 5.69 Å². The largest absolute Gasteiger partial charge is 0.369 e. The third-order valence-corrected chi connectivity index (χ3v) is 5.65. The molecule has 0 radical (unpaired) electrons. The molecule has 1 aliphatic rings. The quantitative estimate of drug-likeness (QED) is 0.671. The van der Waals surface area contributed by atoms with Crippen molar-refractivity contribution in [1.29, 1.82) is 0 Å². The molecule has 0 bridgehead atoms. The highest BCUT2D eigenvalue weighted by atomic mass is 16.1. The van der Waals surface area contributed by atoms with E-state index in [0.29, 0.717) is 0 Å². The number of amides is 1. The van der Waals surface area contributed by atoms with Crippen LogP contribution >= 0.6 is 0 Å². The molecule has 2 aromatic heterocycles. The number of primary amides is 1. The molecule has 4 N–H and O–H groups in total. The van der Waals surface area contributed by atoms with Crippen LogP contribution in [0.5, 0.6) is 0 Å². The van der Waals surface area contributed by atoms with Gasteiger partial charge in [-0.05, 0) is 25.1 Å². The third kappa shape index (κ3) is 2.99. The number of benzene rings is 1. The molecule has 5 heteroatoms. The third-order valence-electron chi connectivity index (χ3n) is 5.65. The van der Waals surface area contributed by atoms with E-state index in [4.69, 9.17) is 5.73 Å². The number of aromatic nitrogens is 2. The molecule has 1 atom stereocenters. The average Bonchev–Trinajstić information content (AvgIpc) is 2.99. The lowest BCUT2D eigenvalue weighted by Gasteiger charge is -2.34. The summed E-state index contributed by atoms with van der Waals surface area (Å²) < 4.78 is 0. The Morgan fingerprint density at radius 1 is 1.19 bits per heavy atom. The Bertz CT molecular complexity index is 910. The zero-order valence-electron chi connectivity index (χ0n) is 15.0. The van der Waals surface area contributed by atoms with Gasteiger partial charge in [0.2, 0.25) is 5.91 Å². The Balaban J connectivity index is 1.77. The number of fused-ring (bicyclic) bond motifs is 1. The number of aromatic amines is 1. The van der Waals surface area contributed by atoms with Gasteiger partial charge < -0.3 is 15.6 Å². The summed E-state index contributed by atoms with van der Waals surface area (Å²) in [6.45, 7) is 3.99. The molecule has 1 aliphatic heterocycles. The molecular formula is C21H25N4O+. The second-order valence-corrected chi connectivity index (χ2v) is 7.23. The molecule has 5 nitrogen and oxygen atoms in total. The van der Waals surface area contributed by atoms with Gasteiger partial charge in [0.15, 0.2) is 6.04 Å². The second-order valence-electron chi connectivity index (χ2n) is 7.23. The molecule has 134 valence electrons. The number of hydrogen-bond acceptors (Lipinski definition) is 2. The van der Waals surface area contributed by atoms with Crippen LogP contribution < -0.4 is 10.6 Å². The predicted molar refractivity (Wildman–Crippen MR) is 102 cm³/mol. The Hall–Kier alpha value is -2.66. The van der Waals surface area contributed by atoms with E-state index < -0.39 is 0 Å². The Labute approximate surface area is 153 Å². The number of nitrogens with two attached hydrogens (primary N) is 1. The first-order valence-corrected chi connectivity index (χ1v) is 9.27. The van der Waals surface area contributed by atoms with E-state index >= 15 is 0 Å². The lowest BCUT2D eigenvalue weighted by atomic mass is 9.91. The molecule has 4 rings (SSSR count). The number of nitrogens with one attached hydrogen (secondary N) is 2. The highest BCUT2D eigenvalue weighted by Gasteiger charge is 2.35. The molecule has 1 saturated heterocycles. The van der Waals surface area contributed by atoms with Crippen molar-refractivity contribution >= 4 is 16.8 Å². The number of pyridine rings is 1. The number of para-hydroxylation sites is 1. The average molecular weight is 349 g/mol. The molecule has 3 heterocycles. The number of rotatable bonds is 4. The minimum absolute atomic E-state index is 0.00667. The number of nitrogens with zero attached hydrogens (tertiary/aromatic N) is 1. The van der Waals surface area contributed by atoms with E-state index in [1.807, 2.05) is 12.3 Å². The maximum Gasteiger partial charge on any atom is 0.220 e. The van der Waals surface area contributed by atoms with Crippen LogP contribution in [0, 0.1) is 12.8 Å². The fraction of sp³-hybridized carbons (Fsp3) is 0.333. The van der Waals surface area contributed by atoms with E-state index in [2.05, 4.69) is 53.3 Å². The van der Waals surface area contributed by atoms with Crippen molar-refractivity contribution in [2.45, 2.75) is 25.8 Å². The summed E-state index contributed by atoms with van der Waals surface area (Å²) in [6, 6.07) is 14.7. The van der Waals surface area contributed by atoms with Crippen molar-refractivity contribution < 1.29 is 9.69 Å². The van der Waals surface area contributed by atoms with Crippen LogP contribution in [0.1, 0.15) is 35.8 Å². The highest BCUT2D eigenvalue weighted by Crippen LogP contribution is 2.30. The van der Waals surface area contributed by atoms with Crippen LogP contribution in [-0.2, 0) is 4.79 Å². The molecule has 0 aliphatic carbocycles. The molecule has 26 heavy (non-hydrogen) atoms. The summed E-state index contributed by atoms with van der Waals surface area (Å²) >= 11 is 0. The lowest BCUT2D eigenvalue weighted by molar-refractivity contribution is -0.931. The highest BCUT2D eigenvalue weighted by molar-refractivity contribution is 5.85. The number of aryl methyl sites for hydroxylation is 1. The second kappa shape index (κ2) is 6.92. The smallest absolute Gasteiger partial charge is 0.220 e. The van der Waals surface area contributed by atoms with Gasteiger partial charge in [-0.25, -0.2) is 0 Å². The lowest BCUT2D eigenvalue weighted by Crippen LogP contribution is -3.13. The number of quaternary nitrogens is 1. The van der Waals surface area contributed by atoms with Gasteiger partial charge in [-0.3, -0.25) is 9.78 Å². The van der Waals surface area contributed by atoms with Crippen LogP contribution in [-0.4, -0.2) is 29.0 Å². The predicted octanol–water partition coefficient (Wildman–Crippen LogP) is 1.74. The molecule has 3 aromatic rings. The van der Waals surface area contributed by atoms with Gasteiger partial charge in [-0.1, -0.05) is 24.3 Å². The van der Waals surface area contributed by atoms with Crippen molar-refractivity contribution in [3.05, 3.63) is 65.6 Å². The normalized spacial score (nSPS) is 21.6. The first kappa shape index (κ1) is 16.8. The van der Waals surface area contributed by atoms with E-state index in [9.17, 15) is 4.79 Å². The maximum absolute atomic E-state index is 11.6.